The molecule has 1 saturated heterocycles. The first-order valence-electron chi connectivity index (χ1n) is 9.32. The van der Waals surface area contributed by atoms with Crippen LogP contribution in [0.25, 0.3) is 11.0 Å². The first-order chi connectivity index (χ1) is 14.0. The average molecular weight is 418 g/mol. The molecule has 29 heavy (non-hydrogen) atoms. The Labute approximate surface area is 172 Å². The number of nitrogens with zero attached hydrogens (tertiary/aromatic N) is 5. The molecule has 4 rings (SSSR count). The SMILES string of the molecule is COc1cc(N2CCN(C(=O)Cn3ncc4ncccc43)[C@@H](C)C2)c(F)cc1Cl. The quantitative estimate of drug-likeness (QED) is 0.653. The molecular weight excluding hydrogens is 397 g/mol. The molecule has 152 valence electrons. The summed E-state index contributed by atoms with van der Waals surface area (Å²) >= 11 is 5.99. The molecule has 7 nitrogen and oxygen atoms in total. The number of aromatic nitrogens is 3. The molecule has 1 fully saturated rings. The first kappa shape index (κ1) is 19.4. The van der Waals surface area contributed by atoms with Gasteiger partial charge in [-0.2, -0.15) is 5.10 Å². The van der Waals surface area contributed by atoms with Gasteiger partial charge in [-0.1, -0.05) is 11.6 Å². The van der Waals surface area contributed by atoms with Gasteiger partial charge in [-0.15, -0.1) is 0 Å². The number of piperazine rings is 1. The molecule has 2 aromatic heterocycles. The highest BCUT2D eigenvalue weighted by Gasteiger charge is 2.29. The number of halogens is 2. The third-order valence-corrected chi connectivity index (χ3v) is 5.50. The Morgan fingerprint density at radius 3 is 2.97 bits per heavy atom. The van der Waals surface area contributed by atoms with Crippen molar-refractivity contribution in [3.63, 3.8) is 0 Å². The minimum atomic E-state index is -0.404. The summed E-state index contributed by atoms with van der Waals surface area (Å²) in [6, 6.07) is 6.49. The third-order valence-electron chi connectivity index (χ3n) is 5.21. The molecule has 0 saturated carbocycles. The van der Waals surface area contributed by atoms with Gasteiger partial charge >= 0.3 is 0 Å². The van der Waals surface area contributed by atoms with E-state index in [-0.39, 0.29) is 23.5 Å². The van der Waals surface area contributed by atoms with Crippen molar-refractivity contribution in [1.82, 2.24) is 19.7 Å². The number of benzene rings is 1. The van der Waals surface area contributed by atoms with E-state index in [2.05, 4.69) is 10.1 Å². The van der Waals surface area contributed by atoms with E-state index < -0.39 is 5.82 Å². The Morgan fingerprint density at radius 2 is 2.21 bits per heavy atom. The van der Waals surface area contributed by atoms with Crippen LogP contribution in [0.3, 0.4) is 0 Å². The van der Waals surface area contributed by atoms with Gasteiger partial charge in [-0.05, 0) is 25.1 Å². The van der Waals surface area contributed by atoms with Crippen LogP contribution in [0.5, 0.6) is 5.75 Å². The van der Waals surface area contributed by atoms with Gasteiger partial charge < -0.3 is 14.5 Å². The van der Waals surface area contributed by atoms with Crippen LogP contribution in [0, 0.1) is 5.82 Å². The fourth-order valence-electron chi connectivity index (χ4n) is 3.72. The molecule has 1 aliphatic rings. The zero-order valence-electron chi connectivity index (χ0n) is 16.2. The number of pyridine rings is 1. The maximum absolute atomic E-state index is 14.5. The van der Waals surface area contributed by atoms with Crippen LogP contribution in [0.15, 0.2) is 36.7 Å². The number of rotatable bonds is 4. The van der Waals surface area contributed by atoms with E-state index in [0.29, 0.717) is 31.1 Å². The summed E-state index contributed by atoms with van der Waals surface area (Å²) in [6.07, 6.45) is 3.35. The van der Waals surface area contributed by atoms with Crippen LogP contribution in [-0.4, -0.2) is 58.4 Å². The number of ether oxygens (including phenoxy) is 1. The number of hydrogen-bond acceptors (Lipinski definition) is 5. The minimum Gasteiger partial charge on any atom is -0.495 e. The predicted molar refractivity (Wildman–Crippen MR) is 109 cm³/mol. The third kappa shape index (κ3) is 3.72. The van der Waals surface area contributed by atoms with E-state index in [0.717, 1.165) is 11.0 Å². The summed E-state index contributed by atoms with van der Waals surface area (Å²) in [7, 11) is 1.50. The van der Waals surface area contributed by atoms with Crippen molar-refractivity contribution < 1.29 is 13.9 Å². The Balaban J connectivity index is 1.47. The highest BCUT2D eigenvalue weighted by Crippen LogP contribution is 2.33. The molecule has 1 atom stereocenters. The Hall–Kier alpha value is -2.87. The molecule has 9 heteroatoms. The van der Waals surface area contributed by atoms with Crippen LogP contribution in [0.4, 0.5) is 10.1 Å². The summed E-state index contributed by atoms with van der Waals surface area (Å²) in [4.78, 5) is 20.9. The largest absolute Gasteiger partial charge is 0.495 e. The molecule has 3 aromatic rings. The van der Waals surface area contributed by atoms with Gasteiger partial charge in [0.1, 0.15) is 23.6 Å². The van der Waals surface area contributed by atoms with Crippen LogP contribution in [0.2, 0.25) is 5.02 Å². The maximum atomic E-state index is 14.5. The number of carbonyl (C=O) groups excluding carboxylic acids is 1. The number of amides is 1. The van der Waals surface area contributed by atoms with Crippen molar-refractivity contribution in [1.29, 1.82) is 0 Å². The van der Waals surface area contributed by atoms with Crippen molar-refractivity contribution in [3.05, 3.63) is 47.5 Å². The number of fused-ring (bicyclic) bond motifs is 1. The van der Waals surface area contributed by atoms with Crippen molar-refractivity contribution in [3.8, 4) is 5.75 Å². The standard InChI is InChI=1S/C20H21ClFN5O2/c1-13-11-25(18-9-19(29-2)14(21)8-15(18)22)6-7-26(13)20(28)12-27-17-4-3-5-23-16(17)10-24-27/h3-5,8-10,13H,6-7,11-12H2,1-2H3/t13-/m0/s1. The predicted octanol–water partition coefficient (Wildman–Crippen LogP) is 2.97. The summed E-state index contributed by atoms with van der Waals surface area (Å²) < 4.78 is 21.3. The molecule has 0 N–H and O–H groups in total. The maximum Gasteiger partial charge on any atom is 0.244 e. The molecule has 0 spiro atoms. The van der Waals surface area contributed by atoms with Crippen molar-refractivity contribution >= 4 is 34.2 Å². The van der Waals surface area contributed by atoms with E-state index in [1.54, 1.807) is 23.1 Å². The Bertz CT molecular complexity index is 1060. The second-order valence-electron chi connectivity index (χ2n) is 7.03. The fourth-order valence-corrected chi connectivity index (χ4v) is 3.95. The highest BCUT2D eigenvalue weighted by molar-refractivity contribution is 6.32. The summed E-state index contributed by atoms with van der Waals surface area (Å²) in [5.41, 5.74) is 2.00. The summed E-state index contributed by atoms with van der Waals surface area (Å²) in [5, 5.41) is 4.51. The molecule has 1 amide bonds. The lowest BCUT2D eigenvalue weighted by Crippen LogP contribution is -2.55. The topological polar surface area (TPSA) is 63.5 Å². The lowest BCUT2D eigenvalue weighted by molar-refractivity contribution is -0.134. The van der Waals surface area contributed by atoms with Crippen LogP contribution < -0.4 is 9.64 Å². The van der Waals surface area contributed by atoms with Gasteiger partial charge in [0.05, 0.1) is 29.5 Å². The van der Waals surface area contributed by atoms with E-state index in [1.807, 2.05) is 28.9 Å². The molecule has 3 heterocycles. The number of anilines is 1. The van der Waals surface area contributed by atoms with Crippen LogP contribution in [-0.2, 0) is 11.3 Å². The van der Waals surface area contributed by atoms with Crippen molar-refractivity contribution in [2.45, 2.75) is 19.5 Å². The summed E-state index contributed by atoms with van der Waals surface area (Å²) in [6.45, 7) is 3.61. The molecule has 0 radical (unpaired) electrons. The van der Waals surface area contributed by atoms with Gasteiger partial charge in [0.15, 0.2) is 0 Å². The zero-order chi connectivity index (χ0) is 20.5. The second-order valence-corrected chi connectivity index (χ2v) is 7.44. The number of carbonyl (C=O) groups is 1. The normalized spacial score (nSPS) is 17.0. The average Bonchev–Trinajstić information content (AvgIpc) is 3.11. The Morgan fingerprint density at radius 1 is 1.38 bits per heavy atom. The number of hydrogen-bond donors (Lipinski definition) is 0. The molecule has 0 aliphatic carbocycles. The highest BCUT2D eigenvalue weighted by atomic mass is 35.5. The minimum absolute atomic E-state index is 0.0276. The lowest BCUT2D eigenvalue weighted by atomic mass is 10.1. The van der Waals surface area contributed by atoms with Gasteiger partial charge in [-0.3, -0.25) is 14.5 Å². The molecular formula is C20H21ClFN5O2. The van der Waals surface area contributed by atoms with E-state index in [1.165, 1.54) is 13.2 Å². The van der Waals surface area contributed by atoms with Gasteiger partial charge in [0.2, 0.25) is 5.91 Å². The second kappa shape index (κ2) is 7.87. The fraction of sp³-hybridized carbons (Fsp3) is 0.350. The smallest absolute Gasteiger partial charge is 0.244 e. The van der Waals surface area contributed by atoms with Crippen molar-refractivity contribution in [2.24, 2.45) is 0 Å². The number of methoxy groups -OCH3 is 1. The van der Waals surface area contributed by atoms with Gasteiger partial charge in [0, 0.05) is 37.9 Å². The molecule has 0 bridgehead atoms. The first-order valence-corrected chi connectivity index (χ1v) is 9.69. The Kier molecular flexibility index (Phi) is 5.27. The molecule has 1 aromatic carbocycles. The van der Waals surface area contributed by atoms with E-state index >= 15 is 0 Å². The van der Waals surface area contributed by atoms with Crippen LogP contribution in [0.1, 0.15) is 6.92 Å². The van der Waals surface area contributed by atoms with Gasteiger partial charge in [0.25, 0.3) is 0 Å². The summed E-state index contributed by atoms with van der Waals surface area (Å²) in [5.74, 6) is -0.00755. The van der Waals surface area contributed by atoms with E-state index in [9.17, 15) is 9.18 Å². The lowest BCUT2D eigenvalue weighted by Gasteiger charge is -2.41. The molecule has 1 aliphatic heterocycles. The van der Waals surface area contributed by atoms with E-state index in [4.69, 9.17) is 16.3 Å². The van der Waals surface area contributed by atoms with Crippen LogP contribution >= 0.6 is 11.6 Å². The zero-order valence-corrected chi connectivity index (χ0v) is 16.9. The monoisotopic (exact) mass is 417 g/mol. The van der Waals surface area contributed by atoms with Gasteiger partial charge in [-0.25, -0.2) is 4.39 Å². The van der Waals surface area contributed by atoms with Crippen molar-refractivity contribution in [2.75, 3.05) is 31.6 Å². The molecule has 0 unspecified atom stereocenters.